The van der Waals surface area contributed by atoms with Gasteiger partial charge in [-0.1, -0.05) is 18.2 Å². The van der Waals surface area contributed by atoms with Crippen molar-refractivity contribution in [3.63, 3.8) is 0 Å². The molecule has 118 valence electrons. The van der Waals surface area contributed by atoms with Gasteiger partial charge < -0.3 is 14.7 Å². The molecule has 0 radical (unpaired) electrons. The van der Waals surface area contributed by atoms with E-state index in [1.165, 1.54) is 0 Å². The number of para-hydroxylation sites is 1. The second-order valence-electron chi connectivity index (χ2n) is 6.25. The third-order valence-corrected chi connectivity index (χ3v) is 4.70. The number of carbonyl (C=O) groups excluding carboxylic acids is 1. The number of carboxylic acid groups (broad SMARTS) is 1. The number of benzene rings is 1. The van der Waals surface area contributed by atoms with Gasteiger partial charge >= 0.3 is 5.97 Å². The lowest BCUT2D eigenvalue weighted by atomic mass is 9.95. The van der Waals surface area contributed by atoms with Crippen LogP contribution in [0.3, 0.4) is 0 Å². The molecule has 5 heteroatoms. The molecule has 1 amide bonds. The van der Waals surface area contributed by atoms with E-state index in [-0.39, 0.29) is 5.91 Å². The molecule has 1 aromatic carbocycles. The fraction of sp³-hybridized carbons (Fsp3) is 0.529. The molecule has 1 saturated carbocycles. The van der Waals surface area contributed by atoms with Crippen LogP contribution in [0.2, 0.25) is 0 Å². The molecule has 2 fully saturated rings. The molecule has 1 aliphatic heterocycles. The van der Waals surface area contributed by atoms with Crippen molar-refractivity contribution >= 4 is 11.9 Å². The van der Waals surface area contributed by atoms with Crippen molar-refractivity contribution in [2.24, 2.45) is 11.3 Å². The Morgan fingerprint density at radius 3 is 2.36 bits per heavy atom. The zero-order valence-corrected chi connectivity index (χ0v) is 12.5. The van der Waals surface area contributed by atoms with Gasteiger partial charge in [0.2, 0.25) is 5.91 Å². The number of amides is 1. The van der Waals surface area contributed by atoms with Crippen LogP contribution in [-0.2, 0) is 9.59 Å². The number of piperidine rings is 1. The van der Waals surface area contributed by atoms with E-state index in [4.69, 9.17) is 4.74 Å². The normalized spacial score (nSPS) is 20.5. The minimum Gasteiger partial charge on any atom is -0.493 e. The Bertz CT molecular complexity index is 545. The highest BCUT2D eigenvalue weighted by Gasteiger charge is 2.58. The molecule has 1 heterocycles. The predicted octanol–water partition coefficient (Wildman–Crippen LogP) is 2.17. The number of carboxylic acids is 1. The summed E-state index contributed by atoms with van der Waals surface area (Å²) >= 11 is 0. The van der Waals surface area contributed by atoms with Gasteiger partial charge in [-0.2, -0.15) is 0 Å². The highest BCUT2D eigenvalue weighted by Crippen LogP contribution is 2.47. The summed E-state index contributed by atoms with van der Waals surface area (Å²) in [6.07, 6.45) is 2.71. The fourth-order valence-corrected chi connectivity index (χ4v) is 2.98. The van der Waals surface area contributed by atoms with Crippen LogP contribution < -0.4 is 4.74 Å². The van der Waals surface area contributed by atoms with Crippen molar-refractivity contribution in [1.82, 2.24) is 4.90 Å². The maximum atomic E-state index is 12.3. The molecular formula is C17H21NO4. The summed E-state index contributed by atoms with van der Waals surface area (Å²) < 4.78 is 5.76. The van der Waals surface area contributed by atoms with Crippen molar-refractivity contribution in [2.45, 2.75) is 25.7 Å². The smallest absolute Gasteiger partial charge is 0.319 e. The molecule has 1 N–H and O–H groups in total. The molecule has 3 rings (SSSR count). The zero-order valence-electron chi connectivity index (χ0n) is 12.5. The van der Waals surface area contributed by atoms with E-state index in [1.54, 1.807) is 4.90 Å². The van der Waals surface area contributed by atoms with Gasteiger partial charge in [0.15, 0.2) is 0 Å². The van der Waals surface area contributed by atoms with Crippen molar-refractivity contribution in [3.8, 4) is 5.75 Å². The average molecular weight is 303 g/mol. The molecule has 22 heavy (non-hydrogen) atoms. The van der Waals surface area contributed by atoms with Gasteiger partial charge in [-0.25, -0.2) is 0 Å². The lowest BCUT2D eigenvalue weighted by molar-refractivity contribution is -0.154. The Hall–Kier alpha value is -2.04. The first kappa shape index (κ1) is 14.9. The molecule has 0 bridgehead atoms. The second-order valence-corrected chi connectivity index (χ2v) is 6.25. The van der Waals surface area contributed by atoms with E-state index in [0.29, 0.717) is 38.5 Å². The van der Waals surface area contributed by atoms with E-state index in [0.717, 1.165) is 18.6 Å². The summed E-state index contributed by atoms with van der Waals surface area (Å²) in [5.41, 5.74) is -1.10. The maximum Gasteiger partial charge on any atom is 0.319 e. The summed E-state index contributed by atoms with van der Waals surface area (Å²) in [7, 11) is 0. The van der Waals surface area contributed by atoms with Gasteiger partial charge in [-0.15, -0.1) is 0 Å². The third kappa shape index (κ3) is 2.93. The van der Waals surface area contributed by atoms with E-state index in [2.05, 4.69) is 0 Å². The van der Waals surface area contributed by atoms with Crippen LogP contribution in [-0.4, -0.2) is 41.6 Å². The maximum absolute atomic E-state index is 12.3. The van der Waals surface area contributed by atoms with Crippen LogP contribution in [0.5, 0.6) is 5.75 Å². The standard InChI is InChI=1S/C17H21NO4/c19-15(17(8-9-17)16(20)21)18-10-6-13(7-11-18)12-22-14-4-2-1-3-5-14/h1-5,13H,6-12H2,(H,20,21). The lowest BCUT2D eigenvalue weighted by Crippen LogP contribution is -2.45. The Morgan fingerprint density at radius 2 is 1.82 bits per heavy atom. The molecule has 0 aromatic heterocycles. The third-order valence-electron chi connectivity index (χ3n) is 4.70. The highest BCUT2D eigenvalue weighted by molar-refractivity contribution is 6.04. The Balaban J connectivity index is 1.47. The van der Waals surface area contributed by atoms with Gasteiger partial charge in [0.05, 0.1) is 6.61 Å². The van der Waals surface area contributed by atoms with Gasteiger partial charge in [0.25, 0.3) is 0 Å². The minimum atomic E-state index is -1.10. The first-order valence-corrected chi connectivity index (χ1v) is 7.82. The fourth-order valence-electron chi connectivity index (χ4n) is 2.98. The number of ether oxygens (including phenoxy) is 1. The largest absolute Gasteiger partial charge is 0.493 e. The van der Waals surface area contributed by atoms with E-state index in [1.807, 2.05) is 30.3 Å². The SMILES string of the molecule is O=C(O)C1(C(=O)N2CCC(COc3ccccc3)CC2)CC1. The monoisotopic (exact) mass is 303 g/mol. The van der Waals surface area contributed by atoms with Gasteiger partial charge in [0, 0.05) is 13.1 Å². The predicted molar refractivity (Wildman–Crippen MR) is 80.5 cm³/mol. The highest BCUT2D eigenvalue weighted by atomic mass is 16.5. The quantitative estimate of drug-likeness (QED) is 0.847. The molecule has 1 saturated heterocycles. The number of aliphatic carboxylic acids is 1. The average Bonchev–Trinajstić information content (AvgIpc) is 3.36. The molecule has 0 unspecified atom stereocenters. The summed E-state index contributed by atoms with van der Waals surface area (Å²) in [4.78, 5) is 25.3. The molecule has 0 spiro atoms. The van der Waals surface area contributed by atoms with Crippen molar-refractivity contribution in [2.75, 3.05) is 19.7 Å². The summed E-state index contributed by atoms with van der Waals surface area (Å²) in [5.74, 6) is 0.127. The number of rotatable bonds is 5. The number of likely N-dealkylation sites (tertiary alicyclic amines) is 1. The summed E-state index contributed by atoms with van der Waals surface area (Å²) in [6, 6.07) is 9.70. The topological polar surface area (TPSA) is 66.8 Å². The van der Waals surface area contributed by atoms with Crippen LogP contribution >= 0.6 is 0 Å². The van der Waals surface area contributed by atoms with E-state index in [9.17, 15) is 14.7 Å². The van der Waals surface area contributed by atoms with Gasteiger partial charge in [0.1, 0.15) is 11.2 Å². The number of hydrogen-bond donors (Lipinski definition) is 1. The van der Waals surface area contributed by atoms with Gasteiger partial charge in [-0.3, -0.25) is 9.59 Å². The molecule has 0 atom stereocenters. The first-order valence-electron chi connectivity index (χ1n) is 7.82. The van der Waals surface area contributed by atoms with Crippen LogP contribution in [0.4, 0.5) is 0 Å². The second kappa shape index (κ2) is 5.99. The van der Waals surface area contributed by atoms with Crippen molar-refractivity contribution < 1.29 is 19.4 Å². The molecule has 2 aliphatic rings. The zero-order chi connectivity index (χ0) is 15.6. The Kier molecular flexibility index (Phi) is 4.05. The van der Waals surface area contributed by atoms with Crippen LogP contribution in [0.15, 0.2) is 30.3 Å². The van der Waals surface area contributed by atoms with E-state index >= 15 is 0 Å². The Labute approximate surface area is 129 Å². The molecule has 1 aromatic rings. The summed E-state index contributed by atoms with van der Waals surface area (Å²) in [5, 5.41) is 9.20. The molecular weight excluding hydrogens is 282 g/mol. The Morgan fingerprint density at radius 1 is 1.18 bits per heavy atom. The van der Waals surface area contributed by atoms with Crippen molar-refractivity contribution in [3.05, 3.63) is 30.3 Å². The van der Waals surface area contributed by atoms with Gasteiger partial charge in [-0.05, 0) is 43.7 Å². The van der Waals surface area contributed by atoms with Crippen LogP contribution in [0, 0.1) is 11.3 Å². The lowest BCUT2D eigenvalue weighted by Gasteiger charge is -2.33. The van der Waals surface area contributed by atoms with E-state index < -0.39 is 11.4 Å². The molecule has 1 aliphatic carbocycles. The minimum absolute atomic E-state index is 0.192. The first-order chi connectivity index (χ1) is 10.6. The number of carbonyl (C=O) groups is 2. The van der Waals surface area contributed by atoms with Crippen LogP contribution in [0.25, 0.3) is 0 Å². The molecule has 5 nitrogen and oxygen atoms in total. The van der Waals surface area contributed by atoms with Crippen molar-refractivity contribution in [1.29, 1.82) is 0 Å². The number of hydrogen-bond acceptors (Lipinski definition) is 3. The van der Waals surface area contributed by atoms with Crippen LogP contribution in [0.1, 0.15) is 25.7 Å². The number of nitrogens with zero attached hydrogens (tertiary/aromatic N) is 1. The summed E-state index contributed by atoms with van der Waals surface area (Å²) in [6.45, 7) is 1.92.